The quantitative estimate of drug-likeness (QED) is 0.398. The van der Waals surface area contributed by atoms with E-state index in [-0.39, 0.29) is 5.24 Å². The number of hydrogen-bond donors (Lipinski definition) is 0. The molecule has 0 amide bonds. The number of carbonyl (C=O) groups is 1. The molecule has 0 aliphatic carbocycles. The molecule has 0 atom stereocenters. The van der Waals surface area contributed by atoms with Gasteiger partial charge in [0.1, 0.15) is 0 Å². The summed E-state index contributed by atoms with van der Waals surface area (Å²) in [6.07, 6.45) is 0. The Morgan fingerprint density at radius 2 is 0.957 bits per heavy atom. The topological polar surface area (TPSA) is 17.1 Å². The van der Waals surface area contributed by atoms with Crippen LogP contribution in [0, 0.1) is 0 Å². The third kappa shape index (κ3) is 3.14. The molecule has 0 saturated carbocycles. The lowest BCUT2D eigenvalue weighted by Crippen LogP contribution is -2.67. The van der Waals surface area contributed by atoms with E-state index in [0.717, 1.165) is 0 Å². The fourth-order valence-electron chi connectivity index (χ4n) is 3.18. The summed E-state index contributed by atoms with van der Waals surface area (Å²) in [6, 6.07) is 31.2. The minimum Gasteiger partial charge on any atom is -0.282 e. The van der Waals surface area contributed by atoms with Crippen LogP contribution in [0.5, 0.6) is 0 Å². The highest BCUT2D eigenvalue weighted by atomic mass is 35.5. The molecule has 3 heteroatoms. The fourth-order valence-corrected chi connectivity index (χ4v) is 8.10. The number of halogens is 1. The van der Waals surface area contributed by atoms with Crippen LogP contribution in [0.4, 0.5) is 0 Å². The smallest absolute Gasteiger partial charge is 0.219 e. The van der Waals surface area contributed by atoms with E-state index in [9.17, 15) is 4.79 Å². The summed E-state index contributed by atoms with van der Waals surface area (Å²) in [5.41, 5.74) is 0. The second-order valence-electron chi connectivity index (χ2n) is 5.54. The van der Waals surface area contributed by atoms with E-state index in [4.69, 9.17) is 11.6 Å². The van der Waals surface area contributed by atoms with Crippen LogP contribution in [-0.2, 0) is 4.79 Å². The molecule has 0 heterocycles. The minimum atomic E-state index is -2.47. The van der Waals surface area contributed by atoms with Crippen LogP contribution < -0.4 is 15.6 Å². The van der Waals surface area contributed by atoms with Gasteiger partial charge >= 0.3 is 0 Å². The van der Waals surface area contributed by atoms with Crippen LogP contribution >= 0.6 is 11.6 Å². The van der Waals surface area contributed by atoms with E-state index in [2.05, 4.69) is 36.4 Å². The summed E-state index contributed by atoms with van der Waals surface area (Å²) in [5.74, 6) is 0. The lowest BCUT2D eigenvalue weighted by atomic mass is 10.3. The Labute approximate surface area is 142 Å². The molecular weight excluding hydrogens is 320 g/mol. The Morgan fingerprint density at radius 1 is 0.652 bits per heavy atom. The van der Waals surface area contributed by atoms with Gasteiger partial charge in [-0.1, -0.05) is 91.0 Å². The molecule has 0 radical (unpaired) electrons. The summed E-state index contributed by atoms with van der Waals surface area (Å²) in [7, 11) is -2.47. The Morgan fingerprint density at radius 3 is 1.22 bits per heavy atom. The zero-order chi connectivity index (χ0) is 16.1. The predicted molar refractivity (Wildman–Crippen MR) is 99.6 cm³/mol. The van der Waals surface area contributed by atoms with Gasteiger partial charge in [0.05, 0.1) is 0 Å². The molecule has 0 spiro atoms. The molecule has 3 rings (SSSR count). The van der Waals surface area contributed by atoms with Crippen molar-refractivity contribution in [2.45, 2.75) is 6.04 Å². The van der Waals surface area contributed by atoms with E-state index < -0.39 is 8.07 Å². The van der Waals surface area contributed by atoms with Crippen molar-refractivity contribution in [1.82, 2.24) is 0 Å². The molecule has 0 fully saturated rings. The minimum absolute atomic E-state index is 0.284. The molecule has 0 aromatic heterocycles. The highest BCUT2D eigenvalue weighted by Gasteiger charge is 2.40. The van der Waals surface area contributed by atoms with Gasteiger partial charge in [-0.05, 0) is 27.2 Å². The average molecular weight is 337 g/mol. The number of carbonyl (C=O) groups excluding carboxylic acids is 1. The maximum Gasteiger partial charge on any atom is 0.219 e. The Bertz CT molecular complexity index is 676. The van der Waals surface area contributed by atoms with Crippen molar-refractivity contribution in [3.63, 3.8) is 0 Å². The Balaban J connectivity index is 2.32. The SMILES string of the molecule is O=C(Cl)C[Si](c1ccccc1)(c1ccccc1)c1ccccc1. The van der Waals surface area contributed by atoms with Crippen LogP contribution in [0.1, 0.15) is 0 Å². The zero-order valence-electron chi connectivity index (χ0n) is 12.7. The number of hydrogen-bond acceptors (Lipinski definition) is 1. The maximum absolute atomic E-state index is 12.0. The molecule has 1 nitrogen and oxygen atoms in total. The predicted octanol–water partition coefficient (Wildman–Crippen LogP) is 2.92. The van der Waals surface area contributed by atoms with Gasteiger partial charge in [0.2, 0.25) is 5.24 Å². The molecule has 0 aliphatic heterocycles. The second kappa shape index (κ2) is 6.94. The van der Waals surface area contributed by atoms with Crippen LogP contribution in [0.25, 0.3) is 0 Å². The van der Waals surface area contributed by atoms with E-state index in [1.165, 1.54) is 15.6 Å². The highest BCUT2D eigenvalue weighted by molar-refractivity contribution is 7.14. The first kappa shape index (κ1) is 15.7. The van der Waals surface area contributed by atoms with Crippen molar-refractivity contribution >= 4 is 40.5 Å². The van der Waals surface area contributed by atoms with Gasteiger partial charge in [0.25, 0.3) is 0 Å². The van der Waals surface area contributed by atoms with Crippen molar-refractivity contribution in [1.29, 1.82) is 0 Å². The maximum atomic E-state index is 12.0. The molecule has 0 aliphatic rings. The normalized spacial score (nSPS) is 11.2. The Hall–Kier alpha value is -2.16. The van der Waals surface area contributed by atoms with Crippen molar-refractivity contribution in [2.24, 2.45) is 0 Å². The van der Waals surface area contributed by atoms with Crippen molar-refractivity contribution in [3.8, 4) is 0 Å². The first-order valence-corrected chi connectivity index (χ1v) is 10.2. The van der Waals surface area contributed by atoms with Gasteiger partial charge in [-0.3, -0.25) is 4.79 Å². The Kier molecular flexibility index (Phi) is 4.75. The summed E-state index contributed by atoms with van der Waals surface area (Å²) >= 11 is 5.91. The molecule has 0 saturated heterocycles. The van der Waals surface area contributed by atoms with E-state index in [1.54, 1.807) is 0 Å². The summed E-state index contributed by atoms with van der Waals surface area (Å²) < 4.78 is 0. The van der Waals surface area contributed by atoms with Gasteiger partial charge < -0.3 is 0 Å². The largest absolute Gasteiger partial charge is 0.282 e. The van der Waals surface area contributed by atoms with Crippen molar-refractivity contribution < 1.29 is 4.79 Å². The first-order chi connectivity index (χ1) is 11.2. The third-order valence-electron chi connectivity index (χ3n) is 4.20. The standard InChI is InChI=1S/C20H17ClOSi/c21-20(22)16-23(17-10-4-1-5-11-17,18-12-6-2-7-13-18)19-14-8-3-9-15-19/h1-15H,16H2. The summed E-state index contributed by atoms with van der Waals surface area (Å²) in [5, 5.41) is 3.32. The second-order valence-corrected chi connectivity index (χ2v) is 9.85. The lowest BCUT2D eigenvalue weighted by Gasteiger charge is -2.32. The first-order valence-electron chi connectivity index (χ1n) is 7.58. The molecule has 23 heavy (non-hydrogen) atoms. The van der Waals surface area contributed by atoms with Gasteiger partial charge in [-0.2, -0.15) is 0 Å². The zero-order valence-corrected chi connectivity index (χ0v) is 14.4. The molecule has 0 N–H and O–H groups in total. The van der Waals surface area contributed by atoms with E-state index in [0.29, 0.717) is 6.04 Å². The van der Waals surface area contributed by atoms with Crippen LogP contribution in [0.2, 0.25) is 6.04 Å². The lowest BCUT2D eigenvalue weighted by molar-refractivity contribution is -0.109. The van der Waals surface area contributed by atoms with Crippen molar-refractivity contribution in [2.75, 3.05) is 0 Å². The van der Waals surface area contributed by atoms with Gasteiger partial charge in [0, 0.05) is 6.04 Å². The average Bonchev–Trinajstić information content (AvgIpc) is 2.62. The molecular formula is C20H17ClOSi. The number of benzene rings is 3. The third-order valence-corrected chi connectivity index (χ3v) is 9.37. The molecule has 114 valence electrons. The summed E-state index contributed by atoms with van der Waals surface area (Å²) in [4.78, 5) is 12.0. The summed E-state index contributed by atoms with van der Waals surface area (Å²) in [6.45, 7) is 0. The molecule has 3 aromatic carbocycles. The molecule has 0 unspecified atom stereocenters. The van der Waals surface area contributed by atoms with E-state index >= 15 is 0 Å². The van der Waals surface area contributed by atoms with Crippen molar-refractivity contribution in [3.05, 3.63) is 91.0 Å². The van der Waals surface area contributed by atoms with Crippen LogP contribution in [0.15, 0.2) is 91.0 Å². The molecule has 3 aromatic rings. The van der Waals surface area contributed by atoms with Crippen LogP contribution in [0.3, 0.4) is 0 Å². The van der Waals surface area contributed by atoms with Gasteiger partial charge in [-0.15, -0.1) is 0 Å². The van der Waals surface area contributed by atoms with Crippen LogP contribution in [-0.4, -0.2) is 13.3 Å². The molecule has 0 bridgehead atoms. The monoisotopic (exact) mass is 336 g/mol. The highest BCUT2D eigenvalue weighted by Crippen LogP contribution is 2.14. The number of rotatable bonds is 5. The van der Waals surface area contributed by atoms with E-state index in [1.807, 2.05) is 54.6 Å². The van der Waals surface area contributed by atoms with Gasteiger partial charge in [-0.25, -0.2) is 0 Å². The van der Waals surface area contributed by atoms with Gasteiger partial charge in [0.15, 0.2) is 8.07 Å². The fraction of sp³-hybridized carbons (Fsp3) is 0.0500.